The summed E-state index contributed by atoms with van der Waals surface area (Å²) >= 11 is 0. The van der Waals surface area contributed by atoms with Crippen molar-refractivity contribution in [2.45, 2.75) is 45.6 Å². The lowest BCUT2D eigenvalue weighted by molar-refractivity contribution is 0.0963. The number of amides is 1. The minimum absolute atomic E-state index is 0.214. The van der Waals surface area contributed by atoms with E-state index in [9.17, 15) is 4.79 Å². The van der Waals surface area contributed by atoms with E-state index in [1.807, 2.05) is 19.1 Å². The van der Waals surface area contributed by atoms with E-state index < -0.39 is 0 Å². The smallest absolute Gasteiger partial charge is 0.409 e. The van der Waals surface area contributed by atoms with Gasteiger partial charge < -0.3 is 25.0 Å². The highest BCUT2D eigenvalue weighted by molar-refractivity contribution is 5.80. The van der Waals surface area contributed by atoms with E-state index in [1.165, 1.54) is 5.56 Å². The molecule has 2 rings (SSSR count). The van der Waals surface area contributed by atoms with Crippen molar-refractivity contribution in [1.82, 2.24) is 15.5 Å². The Labute approximate surface area is 168 Å². The van der Waals surface area contributed by atoms with Crippen LogP contribution in [0.4, 0.5) is 4.79 Å². The topological polar surface area (TPSA) is 75.2 Å². The van der Waals surface area contributed by atoms with E-state index in [0.29, 0.717) is 25.7 Å². The molecule has 1 amide bonds. The summed E-state index contributed by atoms with van der Waals surface area (Å²) in [5.41, 5.74) is 1.24. The van der Waals surface area contributed by atoms with Crippen LogP contribution in [0.2, 0.25) is 0 Å². The maximum absolute atomic E-state index is 11.8. The second-order valence-electron chi connectivity index (χ2n) is 6.85. The summed E-state index contributed by atoms with van der Waals surface area (Å²) in [5.74, 6) is 1.73. The van der Waals surface area contributed by atoms with Crippen LogP contribution >= 0.6 is 0 Å². The maximum atomic E-state index is 11.8. The SMILES string of the molecule is CCCOc1cccc(CCNC(=NC)NC2CCN(C(=O)OCC)CC2)c1. The third-order valence-corrected chi connectivity index (χ3v) is 4.66. The fourth-order valence-corrected chi connectivity index (χ4v) is 3.15. The minimum Gasteiger partial charge on any atom is -0.494 e. The predicted molar refractivity (Wildman–Crippen MR) is 112 cm³/mol. The van der Waals surface area contributed by atoms with Gasteiger partial charge in [0.15, 0.2) is 5.96 Å². The Hall–Kier alpha value is -2.44. The molecule has 0 unspecified atom stereocenters. The van der Waals surface area contributed by atoms with Crippen LogP contribution in [-0.4, -0.2) is 62.9 Å². The van der Waals surface area contributed by atoms with Gasteiger partial charge in [0, 0.05) is 32.7 Å². The second-order valence-corrected chi connectivity index (χ2v) is 6.85. The maximum Gasteiger partial charge on any atom is 0.409 e. The molecule has 156 valence electrons. The van der Waals surface area contributed by atoms with Crippen molar-refractivity contribution in [3.05, 3.63) is 29.8 Å². The highest BCUT2D eigenvalue weighted by Crippen LogP contribution is 2.14. The lowest BCUT2D eigenvalue weighted by atomic mass is 10.1. The van der Waals surface area contributed by atoms with Crippen molar-refractivity contribution in [2.24, 2.45) is 4.99 Å². The summed E-state index contributed by atoms with van der Waals surface area (Å²) in [6, 6.07) is 8.54. The summed E-state index contributed by atoms with van der Waals surface area (Å²) < 4.78 is 10.8. The van der Waals surface area contributed by atoms with Gasteiger partial charge in [0.2, 0.25) is 0 Å². The van der Waals surface area contributed by atoms with Gasteiger partial charge in [-0.1, -0.05) is 19.1 Å². The van der Waals surface area contributed by atoms with E-state index in [4.69, 9.17) is 9.47 Å². The first-order chi connectivity index (χ1) is 13.7. The number of piperidine rings is 1. The quantitative estimate of drug-likeness (QED) is 0.527. The number of carbonyl (C=O) groups excluding carboxylic acids is 1. The number of likely N-dealkylation sites (tertiary alicyclic amines) is 1. The Bertz CT molecular complexity index is 628. The molecular formula is C21H34N4O3. The highest BCUT2D eigenvalue weighted by Gasteiger charge is 2.23. The Morgan fingerprint density at radius 1 is 1.29 bits per heavy atom. The normalized spacial score (nSPS) is 15.2. The molecule has 0 spiro atoms. The predicted octanol–water partition coefficient (Wildman–Crippen LogP) is 2.80. The van der Waals surface area contributed by atoms with Crippen LogP contribution in [0.15, 0.2) is 29.3 Å². The molecule has 7 heteroatoms. The molecule has 0 atom stereocenters. The van der Waals surface area contributed by atoms with Gasteiger partial charge in [-0.05, 0) is 50.3 Å². The molecule has 1 aromatic rings. The molecule has 28 heavy (non-hydrogen) atoms. The Morgan fingerprint density at radius 3 is 2.75 bits per heavy atom. The van der Waals surface area contributed by atoms with Crippen molar-refractivity contribution in [3.8, 4) is 5.75 Å². The Morgan fingerprint density at radius 2 is 2.07 bits per heavy atom. The molecule has 1 saturated heterocycles. The lowest BCUT2D eigenvalue weighted by Gasteiger charge is -2.32. The molecule has 7 nitrogen and oxygen atoms in total. The zero-order valence-electron chi connectivity index (χ0n) is 17.4. The number of carbonyl (C=O) groups is 1. The average molecular weight is 391 g/mol. The first kappa shape index (κ1) is 21.9. The summed E-state index contributed by atoms with van der Waals surface area (Å²) in [6.07, 6.45) is 3.46. The van der Waals surface area contributed by atoms with E-state index in [-0.39, 0.29) is 6.09 Å². The third kappa shape index (κ3) is 7.29. The molecular weight excluding hydrogens is 356 g/mol. The number of benzene rings is 1. The molecule has 1 aliphatic heterocycles. The van der Waals surface area contributed by atoms with Crippen molar-refractivity contribution >= 4 is 12.1 Å². The number of nitrogens with zero attached hydrogens (tertiary/aromatic N) is 2. The van der Waals surface area contributed by atoms with Gasteiger partial charge in [-0.2, -0.15) is 0 Å². The van der Waals surface area contributed by atoms with Gasteiger partial charge in [-0.25, -0.2) is 4.79 Å². The van der Waals surface area contributed by atoms with Crippen molar-refractivity contribution < 1.29 is 14.3 Å². The Kier molecular flexibility index (Phi) is 9.45. The Balaban J connectivity index is 1.71. The molecule has 1 aromatic carbocycles. The number of nitrogens with one attached hydrogen (secondary N) is 2. The van der Waals surface area contributed by atoms with Crippen LogP contribution in [0.5, 0.6) is 5.75 Å². The fourth-order valence-electron chi connectivity index (χ4n) is 3.15. The summed E-state index contributed by atoms with van der Waals surface area (Å²) in [5, 5.41) is 6.83. The number of rotatable bonds is 8. The molecule has 1 fully saturated rings. The molecule has 0 aliphatic carbocycles. The molecule has 1 aliphatic rings. The zero-order valence-corrected chi connectivity index (χ0v) is 17.4. The number of hydrogen-bond acceptors (Lipinski definition) is 4. The van der Waals surface area contributed by atoms with Crippen LogP contribution in [0.3, 0.4) is 0 Å². The van der Waals surface area contributed by atoms with E-state index >= 15 is 0 Å². The van der Waals surface area contributed by atoms with Crippen LogP contribution in [0, 0.1) is 0 Å². The largest absolute Gasteiger partial charge is 0.494 e. The fraction of sp³-hybridized carbons (Fsp3) is 0.619. The summed E-state index contributed by atoms with van der Waals surface area (Å²) in [4.78, 5) is 17.9. The number of ether oxygens (including phenoxy) is 2. The third-order valence-electron chi connectivity index (χ3n) is 4.66. The second kappa shape index (κ2) is 12.1. The van der Waals surface area contributed by atoms with E-state index in [1.54, 1.807) is 11.9 Å². The summed E-state index contributed by atoms with van der Waals surface area (Å²) in [6.45, 7) is 7.30. The summed E-state index contributed by atoms with van der Waals surface area (Å²) in [7, 11) is 1.78. The molecule has 0 saturated carbocycles. The van der Waals surface area contributed by atoms with Crippen LogP contribution in [-0.2, 0) is 11.2 Å². The molecule has 1 heterocycles. The van der Waals surface area contributed by atoms with Gasteiger partial charge >= 0.3 is 6.09 Å². The first-order valence-corrected chi connectivity index (χ1v) is 10.3. The lowest BCUT2D eigenvalue weighted by Crippen LogP contribution is -2.50. The van der Waals surface area contributed by atoms with Gasteiger partial charge in [-0.3, -0.25) is 4.99 Å². The van der Waals surface area contributed by atoms with Crippen molar-refractivity contribution in [2.75, 3.05) is 39.9 Å². The standard InChI is InChI=1S/C21H34N4O3/c1-4-15-28-19-8-6-7-17(16-19)9-12-23-20(22-3)24-18-10-13-25(14-11-18)21(26)27-5-2/h6-8,16,18H,4-5,9-15H2,1-3H3,(H2,22,23,24). The van der Waals surface area contributed by atoms with E-state index in [0.717, 1.165) is 50.5 Å². The van der Waals surface area contributed by atoms with Crippen LogP contribution < -0.4 is 15.4 Å². The molecule has 2 N–H and O–H groups in total. The van der Waals surface area contributed by atoms with Gasteiger partial charge in [0.05, 0.1) is 13.2 Å². The average Bonchev–Trinajstić information content (AvgIpc) is 2.72. The molecule has 0 aromatic heterocycles. The monoisotopic (exact) mass is 390 g/mol. The van der Waals surface area contributed by atoms with Crippen LogP contribution in [0.25, 0.3) is 0 Å². The highest BCUT2D eigenvalue weighted by atomic mass is 16.6. The van der Waals surface area contributed by atoms with Gasteiger partial charge in [-0.15, -0.1) is 0 Å². The van der Waals surface area contributed by atoms with Gasteiger partial charge in [0.1, 0.15) is 5.75 Å². The van der Waals surface area contributed by atoms with E-state index in [2.05, 4.69) is 34.7 Å². The number of guanidine groups is 1. The molecule has 0 bridgehead atoms. The van der Waals surface area contributed by atoms with Gasteiger partial charge in [0.25, 0.3) is 0 Å². The number of hydrogen-bond donors (Lipinski definition) is 2. The first-order valence-electron chi connectivity index (χ1n) is 10.3. The van der Waals surface area contributed by atoms with Crippen molar-refractivity contribution in [3.63, 3.8) is 0 Å². The number of aliphatic imine (C=N–C) groups is 1. The zero-order chi connectivity index (χ0) is 20.2. The minimum atomic E-state index is -0.214. The van der Waals surface area contributed by atoms with Crippen LogP contribution in [0.1, 0.15) is 38.7 Å². The van der Waals surface area contributed by atoms with Crippen molar-refractivity contribution in [1.29, 1.82) is 0 Å². The molecule has 0 radical (unpaired) electrons.